The molecule has 1 amide bonds. The van der Waals surface area contributed by atoms with Gasteiger partial charge in [0.2, 0.25) is 0 Å². The van der Waals surface area contributed by atoms with Gasteiger partial charge in [0.15, 0.2) is 0 Å². The second kappa shape index (κ2) is 7.85. The molecule has 2 aromatic rings. The average Bonchev–Trinajstić information content (AvgIpc) is 2.67. The summed E-state index contributed by atoms with van der Waals surface area (Å²) in [4.78, 5) is 27.3. The van der Waals surface area contributed by atoms with Gasteiger partial charge in [-0.15, -0.1) is 0 Å². The maximum absolute atomic E-state index is 12.5. The van der Waals surface area contributed by atoms with Crippen molar-refractivity contribution in [3.63, 3.8) is 0 Å². The zero-order valence-electron chi connectivity index (χ0n) is 14.1. The fourth-order valence-electron chi connectivity index (χ4n) is 3.24. The Morgan fingerprint density at radius 2 is 1.96 bits per heavy atom. The Balaban J connectivity index is 1.80. The van der Waals surface area contributed by atoms with Gasteiger partial charge in [-0.1, -0.05) is 29.8 Å². The maximum atomic E-state index is 12.5. The lowest BCUT2D eigenvalue weighted by Crippen LogP contribution is -2.44. The number of carbonyl (C=O) groups excluding carboxylic acids is 1. The van der Waals surface area contributed by atoms with Crippen LogP contribution in [-0.2, 0) is 10.2 Å². The summed E-state index contributed by atoms with van der Waals surface area (Å²) in [5.41, 5.74) is 0.782. The standard InChI is InChI=1S/C19H19ClN2O4/c20-15-4-2-1-3-14(15)19(6-9-26-10-7-19)12-22-17(23)13-5-8-21-16(11-13)18(24)25/h1-5,8,11H,6-7,9-10,12H2,(H,22,23)(H,24,25). The number of aromatic carboxylic acids is 1. The number of nitrogens with one attached hydrogen (secondary N) is 1. The number of halogens is 1. The summed E-state index contributed by atoms with van der Waals surface area (Å²) in [5.74, 6) is -1.51. The molecule has 0 radical (unpaired) electrons. The van der Waals surface area contributed by atoms with Crippen molar-refractivity contribution < 1.29 is 19.4 Å². The minimum Gasteiger partial charge on any atom is -0.477 e. The number of carbonyl (C=O) groups is 2. The molecule has 3 rings (SSSR count). The van der Waals surface area contributed by atoms with Gasteiger partial charge in [-0.2, -0.15) is 0 Å². The molecule has 0 aliphatic carbocycles. The molecule has 0 atom stereocenters. The zero-order valence-corrected chi connectivity index (χ0v) is 14.8. The second-order valence-electron chi connectivity index (χ2n) is 6.29. The number of aromatic nitrogens is 1. The first-order valence-corrected chi connectivity index (χ1v) is 8.70. The monoisotopic (exact) mass is 374 g/mol. The molecule has 7 heteroatoms. The molecule has 1 aromatic heterocycles. The van der Waals surface area contributed by atoms with Crippen LogP contribution in [0.4, 0.5) is 0 Å². The molecule has 1 aliphatic heterocycles. The van der Waals surface area contributed by atoms with Crippen LogP contribution in [0.2, 0.25) is 5.02 Å². The van der Waals surface area contributed by atoms with Gasteiger partial charge in [-0.05, 0) is 36.6 Å². The van der Waals surface area contributed by atoms with Gasteiger partial charge in [0.25, 0.3) is 5.91 Å². The fourth-order valence-corrected chi connectivity index (χ4v) is 3.57. The molecule has 136 valence electrons. The van der Waals surface area contributed by atoms with Crippen LogP contribution >= 0.6 is 11.6 Å². The predicted molar refractivity (Wildman–Crippen MR) is 96.7 cm³/mol. The SMILES string of the molecule is O=C(NCC1(c2ccccc2Cl)CCOCC1)c1ccnc(C(=O)O)c1. The summed E-state index contributed by atoms with van der Waals surface area (Å²) in [6, 6.07) is 10.4. The molecule has 2 heterocycles. The van der Waals surface area contributed by atoms with E-state index in [9.17, 15) is 9.59 Å². The molecule has 2 N–H and O–H groups in total. The molecule has 1 aliphatic rings. The normalized spacial score (nSPS) is 16.0. The highest BCUT2D eigenvalue weighted by Crippen LogP contribution is 2.38. The molecule has 0 unspecified atom stereocenters. The number of rotatable bonds is 5. The highest BCUT2D eigenvalue weighted by atomic mass is 35.5. The van der Waals surface area contributed by atoms with Crippen molar-refractivity contribution in [2.24, 2.45) is 0 Å². The molecule has 6 nitrogen and oxygen atoms in total. The largest absolute Gasteiger partial charge is 0.477 e. The minimum absolute atomic E-state index is 0.162. The van der Waals surface area contributed by atoms with Crippen LogP contribution < -0.4 is 5.32 Å². The Morgan fingerprint density at radius 1 is 1.23 bits per heavy atom. The number of benzene rings is 1. The highest BCUT2D eigenvalue weighted by Gasteiger charge is 2.36. The van der Waals surface area contributed by atoms with E-state index in [2.05, 4.69) is 10.3 Å². The molecule has 0 bridgehead atoms. The van der Waals surface area contributed by atoms with Gasteiger partial charge in [-0.3, -0.25) is 4.79 Å². The predicted octanol–water partition coefficient (Wildman–Crippen LogP) is 2.91. The quantitative estimate of drug-likeness (QED) is 0.840. The smallest absolute Gasteiger partial charge is 0.354 e. The number of carboxylic acids is 1. The van der Waals surface area contributed by atoms with Gasteiger partial charge in [0, 0.05) is 42.0 Å². The van der Waals surface area contributed by atoms with E-state index >= 15 is 0 Å². The zero-order chi connectivity index (χ0) is 18.6. The summed E-state index contributed by atoms with van der Waals surface area (Å²) >= 11 is 6.41. The molecule has 0 saturated carbocycles. The van der Waals surface area contributed by atoms with E-state index in [1.807, 2.05) is 24.3 Å². The van der Waals surface area contributed by atoms with E-state index in [1.54, 1.807) is 0 Å². The Bertz CT molecular complexity index is 819. The Kier molecular flexibility index (Phi) is 5.54. The second-order valence-corrected chi connectivity index (χ2v) is 6.70. The van der Waals surface area contributed by atoms with Crippen molar-refractivity contribution >= 4 is 23.5 Å². The van der Waals surface area contributed by atoms with Crippen LogP contribution in [0, 0.1) is 0 Å². The fraction of sp³-hybridized carbons (Fsp3) is 0.316. The van der Waals surface area contributed by atoms with E-state index in [4.69, 9.17) is 21.4 Å². The Morgan fingerprint density at radius 3 is 2.65 bits per heavy atom. The highest BCUT2D eigenvalue weighted by molar-refractivity contribution is 6.31. The molecule has 1 saturated heterocycles. The molecule has 1 fully saturated rings. The van der Waals surface area contributed by atoms with E-state index < -0.39 is 5.97 Å². The lowest BCUT2D eigenvalue weighted by Gasteiger charge is -2.38. The number of carboxylic acid groups (broad SMARTS) is 1. The third-order valence-electron chi connectivity index (χ3n) is 4.72. The number of hydrogen-bond acceptors (Lipinski definition) is 4. The topological polar surface area (TPSA) is 88.5 Å². The van der Waals surface area contributed by atoms with Crippen LogP contribution in [-0.4, -0.2) is 41.7 Å². The van der Waals surface area contributed by atoms with Gasteiger partial charge < -0.3 is 15.2 Å². The molecule has 26 heavy (non-hydrogen) atoms. The lowest BCUT2D eigenvalue weighted by atomic mass is 9.74. The van der Waals surface area contributed by atoms with Crippen molar-refractivity contribution in [2.75, 3.05) is 19.8 Å². The first-order valence-electron chi connectivity index (χ1n) is 8.32. The van der Waals surface area contributed by atoms with Crippen LogP contribution in [0.1, 0.15) is 39.3 Å². The molecule has 1 aromatic carbocycles. The summed E-state index contributed by atoms with van der Waals surface area (Å²) in [7, 11) is 0. The van der Waals surface area contributed by atoms with E-state index in [0.29, 0.717) is 24.8 Å². The van der Waals surface area contributed by atoms with Crippen molar-refractivity contribution in [2.45, 2.75) is 18.3 Å². The third kappa shape index (κ3) is 3.86. The number of amides is 1. The lowest BCUT2D eigenvalue weighted by molar-refractivity contribution is 0.0487. The first kappa shape index (κ1) is 18.4. The Hall–Kier alpha value is -2.44. The first-order chi connectivity index (χ1) is 12.5. The van der Waals surface area contributed by atoms with E-state index in [0.717, 1.165) is 18.4 Å². The van der Waals surface area contributed by atoms with Crippen LogP contribution in [0.25, 0.3) is 0 Å². The van der Waals surface area contributed by atoms with E-state index in [1.165, 1.54) is 18.3 Å². The molecule has 0 spiro atoms. The summed E-state index contributed by atoms with van der Waals surface area (Å²) < 4.78 is 5.49. The van der Waals surface area contributed by atoms with Gasteiger partial charge in [0.05, 0.1) is 0 Å². The molecular formula is C19H19ClN2O4. The summed E-state index contributed by atoms with van der Waals surface area (Å²) in [5, 5.41) is 12.6. The van der Waals surface area contributed by atoms with Gasteiger partial charge in [0.1, 0.15) is 5.69 Å². The molecular weight excluding hydrogens is 356 g/mol. The summed E-state index contributed by atoms with van der Waals surface area (Å²) in [6.07, 6.45) is 2.80. The van der Waals surface area contributed by atoms with E-state index in [-0.39, 0.29) is 22.6 Å². The van der Waals surface area contributed by atoms with Crippen LogP contribution in [0.3, 0.4) is 0 Å². The minimum atomic E-state index is -1.17. The van der Waals surface area contributed by atoms with Crippen molar-refractivity contribution in [3.8, 4) is 0 Å². The van der Waals surface area contributed by atoms with Crippen molar-refractivity contribution in [1.82, 2.24) is 10.3 Å². The summed E-state index contributed by atoms with van der Waals surface area (Å²) in [6.45, 7) is 1.59. The Labute approximate surface area is 156 Å². The van der Waals surface area contributed by atoms with Crippen LogP contribution in [0.15, 0.2) is 42.6 Å². The third-order valence-corrected chi connectivity index (χ3v) is 5.05. The van der Waals surface area contributed by atoms with Crippen LogP contribution in [0.5, 0.6) is 0 Å². The number of ether oxygens (including phenoxy) is 1. The number of nitrogens with zero attached hydrogens (tertiary/aromatic N) is 1. The van der Waals surface area contributed by atoms with Gasteiger partial charge >= 0.3 is 5.97 Å². The number of pyridine rings is 1. The van der Waals surface area contributed by atoms with Crippen molar-refractivity contribution in [1.29, 1.82) is 0 Å². The maximum Gasteiger partial charge on any atom is 0.354 e. The van der Waals surface area contributed by atoms with Crippen molar-refractivity contribution in [3.05, 3.63) is 64.4 Å². The average molecular weight is 375 g/mol. The van der Waals surface area contributed by atoms with Gasteiger partial charge in [-0.25, -0.2) is 9.78 Å². The number of hydrogen-bond donors (Lipinski definition) is 2.